The van der Waals surface area contributed by atoms with E-state index in [1.54, 1.807) is 12.1 Å². The molecule has 1 aliphatic rings. The highest BCUT2D eigenvalue weighted by molar-refractivity contribution is 5.99. The molecule has 2 N–H and O–H groups in total. The number of rotatable bonds is 5. The van der Waals surface area contributed by atoms with Crippen LogP contribution < -0.4 is 15.4 Å². The van der Waals surface area contributed by atoms with Gasteiger partial charge in [0.15, 0.2) is 0 Å². The third-order valence-electron chi connectivity index (χ3n) is 4.87. The van der Waals surface area contributed by atoms with Crippen molar-refractivity contribution in [1.29, 1.82) is 0 Å². The van der Waals surface area contributed by atoms with Gasteiger partial charge in [-0.1, -0.05) is 17.7 Å². The van der Waals surface area contributed by atoms with E-state index < -0.39 is 0 Å². The van der Waals surface area contributed by atoms with Crippen molar-refractivity contribution in [3.63, 3.8) is 0 Å². The number of esters is 1. The minimum absolute atomic E-state index is 0.338. The molecule has 0 bridgehead atoms. The quantitative estimate of drug-likeness (QED) is 0.510. The lowest BCUT2D eigenvalue weighted by Crippen LogP contribution is -2.19. The topological polar surface area (TPSA) is 89.5 Å². The van der Waals surface area contributed by atoms with E-state index in [-0.39, 0.29) is 12.0 Å². The fraction of sp³-hybridized carbons (Fsp3) is 0.160. The zero-order valence-electron chi connectivity index (χ0n) is 17.8. The molecule has 7 heteroatoms. The van der Waals surface area contributed by atoms with Gasteiger partial charge in [-0.15, -0.1) is 0 Å². The molecule has 0 saturated heterocycles. The maximum Gasteiger partial charge on any atom is 0.323 e. The Labute approximate surface area is 186 Å². The van der Waals surface area contributed by atoms with Crippen molar-refractivity contribution in [3.05, 3.63) is 83.6 Å². The zero-order chi connectivity index (χ0) is 22.5. The van der Waals surface area contributed by atoms with Crippen molar-refractivity contribution in [1.82, 2.24) is 4.98 Å². The Morgan fingerprint density at radius 1 is 0.969 bits per heavy atom. The Morgan fingerprint density at radius 2 is 1.72 bits per heavy atom. The molecule has 0 fully saturated rings. The molecule has 1 heterocycles. The van der Waals surface area contributed by atoms with Crippen LogP contribution in [-0.2, 0) is 16.0 Å². The Morgan fingerprint density at radius 3 is 2.44 bits per heavy atom. The molecule has 3 aromatic rings. The molecule has 162 valence electrons. The van der Waals surface area contributed by atoms with Crippen LogP contribution in [-0.4, -0.2) is 17.0 Å². The summed E-state index contributed by atoms with van der Waals surface area (Å²) in [5, 5.41) is 5.51. The maximum absolute atomic E-state index is 12.2. The number of ether oxygens (including phenoxy) is 2. The van der Waals surface area contributed by atoms with Gasteiger partial charge in [0.1, 0.15) is 11.5 Å². The number of fused-ring (bicyclic) bond motifs is 1. The summed E-state index contributed by atoms with van der Waals surface area (Å²) >= 11 is 0. The van der Waals surface area contributed by atoms with Gasteiger partial charge in [-0.25, -0.2) is 9.78 Å². The van der Waals surface area contributed by atoms with E-state index in [0.717, 1.165) is 29.5 Å². The number of anilines is 2. The molecular formula is C25H23N3O4. The molecular weight excluding hydrogens is 406 g/mol. The number of amides is 2. The Bertz CT molecular complexity index is 1170. The number of aryl methyl sites for hydroxylation is 2. The lowest BCUT2D eigenvalue weighted by atomic mass is 9.95. The van der Waals surface area contributed by atoms with Crippen LogP contribution in [0.3, 0.4) is 0 Å². The monoisotopic (exact) mass is 429 g/mol. The van der Waals surface area contributed by atoms with Crippen LogP contribution in [0.4, 0.5) is 16.2 Å². The first-order valence-electron chi connectivity index (χ1n) is 10.3. The van der Waals surface area contributed by atoms with E-state index in [1.165, 1.54) is 13.1 Å². The summed E-state index contributed by atoms with van der Waals surface area (Å²) in [6.07, 6.45) is 5.09. The number of hydrogen-bond acceptors (Lipinski definition) is 5. The van der Waals surface area contributed by atoms with E-state index in [4.69, 9.17) is 9.47 Å². The van der Waals surface area contributed by atoms with Gasteiger partial charge in [-0.3, -0.25) is 4.79 Å². The second kappa shape index (κ2) is 9.34. The van der Waals surface area contributed by atoms with Crippen molar-refractivity contribution >= 4 is 29.1 Å². The smallest absolute Gasteiger partial charge is 0.323 e. The number of pyridine rings is 1. The van der Waals surface area contributed by atoms with E-state index in [0.29, 0.717) is 28.8 Å². The van der Waals surface area contributed by atoms with Crippen molar-refractivity contribution in [2.24, 2.45) is 0 Å². The highest BCUT2D eigenvalue weighted by Gasteiger charge is 2.16. The van der Waals surface area contributed by atoms with Crippen LogP contribution in [0.5, 0.6) is 11.6 Å². The highest BCUT2D eigenvalue weighted by atomic mass is 16.5. The van der Waals surface area contributed by atoms with Crippen molar-refractivity contribution < 1.29 is 19.1 Å². The number of carbonyl (C=O) groups excluding carboxylic acids is 2. The van der Waals surface area contributed by atoms with Crippen molar-refractivity contribution in [3.8, 4) is 11.6 Å². The van der Waals surface area contributed by atoms with Crippen molar-refractivity contribution in [2.75, 3.05) is 10.6 Å². The maximum atomic E-state index is 12.2. The molecule has 0 unspecified atom stereocenters. The fourth-order valence-corrected chi connectivity index (χ4v) is 3.37. The molecule has 32 heavy (non-hydrogen) atoms. The fourth-order valence-electron chi connectivity index (χ4n) is 3.37. The predicted molar refractivity (Wildman–Crippen MR) is 123 cm³/mol. The van der Waals surface area contributed by atoms with Gasteiger partial charge in [-0.2, -0.15) is 0 Å². The van der Waals surface area contributed by atoms with E-state index in [1.807, 2.05) is 55.5 Å². The zero-order valence-corrected chi connectivity index (χ0v) is 17.8. The number of urea groups is 1. The molecule has 4 rings (SSSR count). The van der Waals surface area contributed by atoms with Crippen LogP contribution in [0.25, 0.3) is 5.76 Å². The minimum Gasteiger partial charge on any atom is -0.439 e. The van der Waals surface area contributed by atoms with Crippen LogP contribution in [0.1, 0.15) is 30.0 Å². The lowest BCUT2D eigenvalue weighted by molar-refractivity contribution is -0.134. The standard InChI is InChI=1S/C25H23N3O4/c1-16-6-8-19(9-7-16)27-25(30)28-20-10-13-24(26-15-20)32-21-11-12-22-18(14-21)4-3-5-23(22)31-17(2)29/h5-15H,3-4H2,1-2H3,(H2,27,28,30). The number of hydrogen-bond donors (Lipinski definition) is 2. The third kappa shape index (κ3) is 5.31. The molecule has 0 atom stereocenters. The molecule has 0 saturated carbocycles. The first-order chi connectivity index (χ1) is 15.5. The van der Waals surface area contributed by atoms with Gasteiger partial charge in [0, 0.05) is 24.2 Å². The van der Waals surface area contributed by atoms with Crippen LogP contribution in [0.2, 0.25) is 0 Å². The first-order valence-corrected chi connectivity index (χ1v) is 10.3. The number of allylic oxidation sites excluding steroid dienone is 1. The molecule has 7 nitrogen and oxygen atoms in total. The second-order valence-electron chi connectivity index (χ2n) is 7.45. The summed E-state index contributed by atoms with van der Waals surface area (Å²) in [5.74, 6) is 1.29. The number of carbonyl (C=O) groups is 2. The SMILES string of the molecule is CC(=O)OC1=CCCc2cc(Oc3ccc(NC(=O)Nc4ccc(C)cc4)cn3)ccc21. The number of nitrogens with zero attached hydrogens (tertiary/aromatic N) is 1. The summed E-state index contributed by atoms with van der Waals surface area (Å²) in [7, 11) is 0. The Kier molecular flexibility index (Phi) is 6.17. The number of aromatic nitrogens is 1. The summed E-state index contributed by atoms with van der Waals surface area (Å²) in [6.45, 7) is 3.38. The average Bonchev–Trinajstić information content (AvgIpc) is 2.76. The molecule has 0 aliphatic heterocycles. The van der Waals surface area contributed by atoms with Crippen molar-refractivity contribution in [2.45, 2.75) is 26.7 Å². The summed E-state index contributed by atoms with van der Waals surface area (Å²) in [6, 6.07) is 16.2. The number of nitrogens with one attached hydrogen (secondary N) is 2. The molecule has 1 aliphatic carbocycles. The van der Waals surface area contributed by atoms with E-state index in [9.17, 15) is 9.59 Å². The predicted octanol–water partition coefficient (Wildman–Crippen LogP) is 5.68. The van der Waals surface area contributed by atoms with Gasteiger partial charge in [-0.05, 0) is 67.8 Å². The highest BCUT2D eigenvalue weighted by Crippen LogP contribution is 2.32. The van der Waals surface area contributed by atoms with Crippen LogP contribution in [0, 0.1) is 6.92 Å². The normalized spacial score (nSPS) is 12.2. The van der Waals surface area contributed by atoms with E-state index in [2.05, 4.69) is 15.6 Å². The third-order valence-corrected chi connectivity index (χ3v) is 4.87. The average molecular weight is 429 g/mol. The van der Waals surface area contributed by atoms with Crippen LogP contribution >= 0.6 is 0 Å². The van der Waals surface area contributed by atoms with Gasteiger partial charge in [0.25, 0.3) is 0 Å². The first kappa shape index (κ1) is 21.1. The van der Waals surface area contributed by atoms with Crippen LogP contribution in [0.15, 0.2) is 66.9 Å². The van der Waals surface area contributed by atoms with Gasteiger partial charge < -0.3 is 20.1 Å². The second-order valence-corrected chi connectivity index (χ2v) is 7.45. The number of benzene rings is 2. The summed E-state index contributed by atoms with van der Waals surface area (Å²) in [5.41, 5.74) is 4.32. The molecule has 0 spiro atoms. The Balaban J connectivity index is 1.37. The molecule has 0 radical (unpaired) electrons. The minimum atomic E-state index is -0.351. The summed E-state index contributed by atoms with van der Waals surface area (Å²) in [4.78, 5) is 27.7. The van der Waals surface area contributed by atoms with E-state index >= 15 is 0 Å². The molecule has 1 aromatic heterocycles. The lowest BCUT2D eigenvalue weighted by Gasteiger charge is -2.18. The molecule has 2 amide bonds. The van der Waals surface area contributed by atoms with Gasteiger partial charge in [0.2, 0.25) is 5.88 Å². The summed E-state index contributed by atoms with van der Waals surface area (Å²) < 4.78 is 11.2. The molecule has 2 aromatic carbocycles. The Hall–Kier alpha value is -4.13. The largest absolute Gasteiger partial charge is 0.439 e. The van der Waals surface area contributed by atoms with Gasteiger partial charge >= 0.3 is 12.0 Å². The van der Waals surface area contributed by atoms with Gasteiger partial charge in [0.05, 0.1) is 11.9 Å².